The standard InChI is InChI=1S/C4H8Cl2N2/c5-3(1-7)4(6)2-8/h1-2,7-8H2/b4-3-. The molecule has 0 spiro atoms. The first-order chi connectivity index (χ1) is 3.72. The van der Waals surface area contributed by atoms with Gasteiger partial charge in [-0.2, -0.15) is 0 Å². The molecule has 0 aromatic rings. The van der Waals surface area contributed by atoms with Gasteiger partial charge >= 0.3 is 0 Å². The third kappa shape index (κ3) is 2.52. The Balaban J connectivity index is 3.83. The predicted molar refractivity (Wildman–Crippen MR) is 36.8 cm³/mol. The number of halogens is 2. The second-order valence-corrected chi connectivity index (χ2v) is 2.13. The molecule has 0 saturated carbocycles. The smallest absolute Gasteiger partial charge is 0.0474 e. The maximum absolute atomic E-state index is 5.46. The van der Waals surface area contributed by atoms with Gasteiger partial charge in [-0.25, -0.2) is 0 Å². The van der Waals surface area contributed by atoms with Gasteiger partial charge in [0.1, 0.15) is 0 Å². The fourth-order valence-corrected chi connectivity index (χ4v) is 0.376. The average Bonchev–Trinajstić information content (AvgIpc) is 1.84. The average molecular weight is 155 g/mol. The monoisotopic (exact) mass is 154 g/mol. The van der Waals surface area contributed by atoms with Crippen LogP contribution in [-0.2, 0) is 0 Å². The van der Waals surface area contributed by atoms with Crippen LogP contribution in [0.25, 0.3) is 0 Å². The van der Waals surface area contributed by atoms with E-state index in [1.807, 2.05) is 0 Å². The predicted octanol–water partition coefficient (Wildman–Crippen LogP) is 0.593. The lowest BCUT2D eigenvalue weighted by molar-refractivity contribution is 1.16. The van der Waals surface area contributed by atoms with Gasteiger partial charge in [-0.05, 0) is 0 Å². The Hall–Kier alpha value is 0.240. The van der Waals surface area contributed by atoms with Gasteiger partial charge in [0.05, 0.1) is 0 Å². The van der Waals surface area contributed by atoms with Gasteiger partial charge in [0.15, 0.2) is 0 Å². The fourth-order valence-electron chi connectivity index (χ4n) is 0.221. The molecule has 0 fully saturated rings. The van der Waals surface area contributed by atoms with Crippen molar-refractivity contribution in [1.82, 2.24) is 0 Å². The summed E-state index contributed by atoms with van der Waals surface area (Å²) in [7, 11) is 0. The molecule has 0 heterocycles. The SMILES string of the molecule is NC/C(Cl)=C(/Cl)CN. The maximum atomic E-state index is 5.46. The van der Waals surface area contributed by atoms with Crippen molar-refractivity contribution in [3.05, 3.63) is 10.1 Å². The fraction of sp³-hybridized carbons (Fsp3) is 0.500. The molecule has 0 aliphatic carbocycles. The van der Waals surface area contributed by atoms with E-state index in [0.29, 0.717) is 10.1 Å². The highest BCUT2D eigenvalue weighted by Gasteiger charge is 1.94. The van der Waals surface area contributed by atoms with Crippen LogP contribution < -0.4 is 11.5 Å². The van der Waals surface area contributed by atoms with E-state index in [9.17, 15) is 0 Å². The zero-order valence-electron chi connectivity index (χ0n) is 4.32. The van der Waals surface area contributed by atoms with E-state index in [0.717, 1.165) is 0 Å². The molecule has 4 N–H and O–H groups in total. The zero-order chi connectivity index (χ0) is 6.57. The van der Waals surface area contributed by atoms with Crippen molar-refractivity contribution in [1.29, 1.82) is 0 Å². The van der Waals surface area contributed by atoms with Crippen molar-refractivity contribution < 1.29 is 0 Å². The van der Waals surface area contributed by atoms with Gasteiger partial charge in [-0.3, -0.25) is 0 Å². The molecule has 0 amide bonds. The summed E-state index contributed by atoms with van der Waals surface area (Å²) in [4.78, 5) is 0. The number of hydrogen-bond donors (Lipinski definition) is 2. The molecule has 48 valence electrons. The Morgan fingerprint density at radius 3 is 1.38 bits per heavy atom. The summed E-state index contributed by atoms with van der Waals surface area (Å²) in [5.74, 6) is 0. The minimum Gasteiger partial charge on any atom is -0.326 e. The van der Waals surface area contributed by atoms with E-state index >= 15 is 0 Å². The lowest BCUT2D eigenvalue weighted by Crippen LogP contribution is -2.05. The van der Waals surface area contributed by atoms with Crippen LogP contribution in [0.4, 0.5) is 0 Å². The highest BCUT2D eigenvalue weighted by Crippen LogP contribution is 2.09. The van der Waals surface area contributed by atoms with E-state index in [1.165, 1.54) is 0 Å². The maximum Gasteiger partial charge on any atom is 0.0474 e. The molecule has 0 bridgehead atoms. The molecule has 0 unspecified atom stereocenters. The Bertz CT molecular complexity index is 88.2. The number of nitrogens with two attached hydrogens (primary N) is 2. The van der Waals surface area contributed by atoms with Crippen LogP contribution in [0.5, 0.6) is 0 Å². The zero-order valence-corrected chi connectivity index (χ0v) is 5.84. The second kappa shape index (κ2) is 4.15. The summed E-state index contributed by atoms with van der Waals surface area (Å²) in [6.07, 6.45) is 0. The summed E-state index contributed by atoms with van der Waals surface area (Å²) in [6, 6.07) is 0. The second-order valence-electron chi connectivity index (χ2n) is 1.22. The lowest BCUT2D eigenvalue weighted by atomic mass is 10.5. The van der Waals surface area contributed by atoms with E-state index in [1.54, 1.807) is 0 Å². The quantitative estimate of drug-likeness (QED) is 0.613. The first-order valence-electron chi connectivity index (χ1n) is 2.15. The third-order valence-electron chi connectivity index (χ3n) is 0.653. The molecule has 0 radical (unpaired) electrons. The molecule has 0 atom stereocenters. The Morgan fingerprint density at radius 2 is 1.25 bits per heavy atom. The minimum atomic E-state index is 0.261. The molecule has 0 saturated heterocycles. The van der Waals surface area contributed by atoms with Crippen molar-refractivity contribution in [3.63, 3.8) is 0 Å². The summed E-state index contributed by atoms with van der Waals surface area (Å²) >= 11 is 10.9. The molecule has 0 aliphatic rings. The minimum absolute atomic E-state index is 0.261. The first kappa shape index (κ1) is 8.24. The third-order valence-corrected chi connectivity index (χ3v) is 1.51. The summed E-state index contributed by atoms with van der Waals surface area (Å²) in [6.45, 7) is 0.523. The van der Waals surface area contributed by atoms with Gasteiger partial charge in [-0.15, -0.1) is 0 Å². The van der Waals surface area contributed by atoms with Crippen LogP contribution in [0, 0.1) is 0 Å². The summed E-state index contributed by atoms with van der Waals surface area (Å²) in [5, 5.41) is 0.878. The molecule has 0 aromatic carbocycles. The van der Waals surface area contributed by atoms with Crippen LogP contribution in [0.15, 0.2) is 10.1 Å². The van der Waals surface area contributed by atoms with Crippen molar-refractivity contribution in [2.45, 2.75) is 0 Å². The Kier molecular flexibility index (Phi) is 4.28. The van der Waals surface area contributed by atoms with Crippen molar-refractivity contribution >= 4 is 23.2 Å². The van der Waals surface area contributed by atoms with Gasteiger partial charge in [-0.1, -0.05) is 23.2 Å². The van der Waals surface area contributed by atoms with Gasteiger partial charge in [0, 0.05) is 23.2 Å². The normalized spacial score (nSPS) is 13.5. The molecule has 4 heteroatoms. The van der Waals surface area contributed by atoms with Crippen LogP contribution in [0.3, 0.4) is 0 Å². The topological polar surface area (TPSA) is 52.0 Å². The summed E-state index contributed by atoms with van der Waals surface area (Å²) < 4.78 is 0. The van der Waals surface area contributed by atoms with Crippen molar-refractivity contribution in [2.24, 2.45) is 11.5 Å². The molecule has 8 heavy (non-hydrogen) atoms. The van der Waals surface area contributed by atoms with Gasteiger partial charge in [0.2, 0.25) is 0 Å². The van der Waals surface area contributed by atoms with E-state index in [2.05, 4.69) is 0 Å². The van der Waals surface area contributed by atoms with Crippen LogP contribution in [0.2, 0.25) is 0 Å². The van der Waals surface area contributed by atoms with E-state index < -0.39 is 0 Å². The highest BCUT2D eigenvalue weighted by molar-refractivity contribution is 6.39. The highest BCUT2D eigenvalue weighted by atomic mass is 35.5. The van der Waals surface area contributed by atoms with Crippen LogP contribution in [0.1, 0.15) is 0 Å². The Morgan fingerprint density at radius 1 is 1.00 bits per heavy atom. The number of hydrogen-bond acceptors (Lipinski definition) is 2. The van der Waals surface area contributed by atoms with Crippen LogP contribution >= 0.6 is 23.2 Å². The van der Waals surface area contributed by atoms with Crippen molar-refractivity contribution in [3.8, 4) is 0 Å². The molecule has 0 rings (SSSR count). The van der Waals surface area contributed by atoms with Crippen molar-refractivity contribution in [2.75, 3.05) is 13.1 Å². The van der Waals surface area contributed by atoms with E-state index in [4.69, 9.17) is 34.7 Å². The first-order valence-corrected chi connectivity index (χ1v) is 2.91. The van der Waals surface area contributed by atoms with Crippen LogP contribution in [-0.4, -0.2) is 13.1 Å². The van der Waals surface area contributed by atoms with E-state index in [-0.39, 0.29) is 13.1 Å². The molecular formula is C4H8Cl2N2. The van der Waals surface area contributed by atoms with Gasteiger partial charge < -0.3 is 11.5 Å². The Labute approximate surface area is 58.4 Å². The molecule has 2 nitrogen and oxygen atoms in total. The summed E-state index contributed by atoms with van der Waals surface area (Å²) in [5.41, 5.74) is 10.2. The number of rotatable bonds is 2. The largest absolute Gasteiger partial charge is 0.326 e. The lowest BCUT2D eigenvalue weighted by Gasteiger charge is -1.94. The molecular weight excluding hydrogens is 147 g/mol. The van der Waals surface area contributed by atoms with Gasteiger partial charge in [0.25, 0.3) is 0 Å². The molecule has 0 aromatic heterocycles. The molecule has 0 aliphatic heterocycles.